The number of aromatic nitrogens is 3. The summed E-state index contributed by atoms with van der Waals surface area (Å²) in [6, 6.07) is 14.3. The van der Waals surface area contributed by atoms with E-state index in [1.54, 1.807) is 18.3 Å². The number of hydrogen-bond donors (Lipinski definition) is 1. The Hall–Kier alpha value is -4.01. The van der Waals surface area contributed by atoms with Crippen LogP contribution < -0.4 is 10.3 Å². The highest BCUT2D eigenvalue weighted by Crippen LogP contribution is 2.30. The van der Waals surface area contributed by atoms with Crippen molar-refractivity contribution in [3.63, 3.8) is 0 Å². The molecule has 4 aromatic rings. The minimum atomic E-state index is -0.427. The quantitative estimate of drug-likeness (QED) is 0.299. The number of hydrazone groups is 1. The number of hydrogen-bond acceptors (Lipinski definition) is 7. The minimum Gasteiger partial charge on any atom is -0.356 e. The Morgan fingerprint density at radius 2 is 1.87 bits per heavy atom. The van der Waals surface area contributed by atoms with Crippen LogP contribution in [0.2, 0.25) is 0 Å². The molecule has 3 heterocycles. The van der Waals surface area contributed by atoms with E-state index in [9.17, 15) is 10.1 Å². The highest BCUT2D eigenvalue weighted by molar-refractivity contribution is 5.96. The maximum absolute atomic E-state index is 10.8. The zero-order chi connectivity index (χ0) is 21.4. The maximum atomic E-state index is 10.8. The third-order valence-electron chi connectivity index (χ3n) is 5.54. The Kier molecular flexibility index (Phi) is 4.70. The number of fused-ring (bicyclic) bond motifs is 3. The molecule has 0 unspecified atom stereocenters. The number of non-ortho nitro benzene ring substituents is 1. The predicted octanol–water partition coefficient (Wildman–Crippen LogP) is 4.15. The Balaban J connectivity index is 1.53. The van der Waals surface area contributed by atoms with Crippen LogP contribution in [-0.4, -0.2) is 38.8 Å². The molecule has 9 nitrogen and oxygen atoms in total. The number of nitro benzene ring substituents is 1. The van der Waals surface area contributed by atoms with Crippen LogP contribution in [0.1, 0.15) is 24.1 Å². The lowest BCUT2D eigenvalue weighted by Crippen LogP contribution is -2.20. The number of anilines is 2. The van der Waals surface area contributed by atoms with E-state index in [4.69, 9.17) is 10.1 Å². The van der Waals surface area contributed by atoms with E-state index in [0.29, 0.717) is 5.69 Å². The van der Waals surface area contributed by atoms with E-state index >= 15 is 0 Å². The van der Waals surface area contributed by atoms with Gasteiger partial charge >= 0.3 is 0 Å². The highest BCUT2D eigenvalue weighted by Gasteiger charge is 2.20. The molecule has 2 aromatic carbocycles. The van der Waals surface area contributed by atoms with Crippen molar-refractivity contribution in [1.29, 1.82) is 0 Å². The molecular weight excluding hydrogens is 394 g/mol. The number of nitro groups is 1. The van der Waals surface area contributed by atoms with Crippen LogP contribution in [0.5, 0.6) is 0 Å². The van der Waals surface area contributed by atoms with Crippen molar-refractivity contribution in [3.8, 4) is 0 Å². The van der Waals surface area contributed by atoms with Crippen LogP contribution in [0.4, 0.5) is 17.2 Å². The van der Waals surface area contributed by atoms with Gasteiger partial charge in [-0.1, -0.05) is 12.1 Å². The third kappa shape index (κ3) is 3.43. The van der Waals surface area contributed by atoms with Gasteiger partial charge in [0.1, 0.15) is 5.82 Å². The molecule has 0 spiro atoms. The smallest absolute Gasteiger partial charge is 0.269 e. The fraction of sp³-hybridized carbons (Fsp3) is 0.227. The van der Waals surface area contributed by atoms with Crippen LogP contribution >= 0.6 is 0 Å². The first kappa shape index (κ1) is 19.0. The summed E-state index contributed by atoms with van der Waals surface area (Å²) in [5, 5.41) is 20.9. The van der Waals surface area contributed by atoms with Crippen LogP contribution in [0.15, 0.2) is 53.6 Å². The van der Waals surface area contributed by atoms with Gasteiger partial charge in [0.15, 0.2) is 5.65 Å². The first-order valence-electron chi connectivity index (χ1n) is 10.2. The molecule has 0 bridgehead atoms. The van der Waals surface area contributed by atoms with Gasteiger partial charge in [-0.15, -0.1) is 0 Å². The molecule has 1 aliphatic heterocycles. The first-order valence-corrected chi connectivity index (χ1v) is 10.2. The molecule has 1 saturated heterocycles. The van der Waals surface area contributed by atoms with E-state index in [-0.39, 0.29) is 5.69 Å². The zero-order valence-electron chi connectivity index (χ0n) is 17.0. The van der Waals surface area contributed by atoms with Crippen molar-refractivity contribution in [1.82, 2.24) is 14.6 Å². The second-order valence-electron chi connectivity index (χ2n) is 7.56. The minimum absolute atomic E-state index is 0.0403. The summed E-state index contributed by atoms with van der Waals surface area (Å²) < 4.78 is 1.87. The molecule has 1 N–H and O–H groups in total. The molecule has 2 aromatic heterocycles. The van der Waals surface area contributed by atoms with Gasteiger partial charge in [-0.05, 0) is 44.0 Å². The molecule has 0 amide bonds. The number of nitrogens with one attached hydrogen (secondary N) is 1. The van der Waals surface area contributed by atoms with E-state index in [2.05, 4.69) is 27.6 Å². The van der Waals surface area contributed by atoms with Crippen molar-refractivity contribution in [2.45, 2.75) is 19.8 Å². The second-order valence-corrected chi connectivity index (χ2v) is 7.56. The topological polar surface area (TPSA) is 101 Å². The van der Waals surface area contributed by atoms with Crippen molar-refractivity contribution in [2.75, 3.05) is 23.4 Å². The van der Waals surface area contributed by atoms with Crippen molar-refractivity contribution < 1.29 is 4.92 Å². The summed E-state index contributed by atoms with van der Waals surface area (Å²) in [5.41, 5.74) is 7.05. The normalized spacial score (nSPS) is 14.2. The summed E-state index contributed by atoms with van der Waals surface area (Å²) in [7, 11) is 0. The van der Waals surface area contributed by atoms with Crippen LogP contribution in [0.25, 0.3) is 16.6 Å². The monoisotopic (exact) mass is 415 g/mol. The van der Waals surface area contributed by atoms with Crippen molar-refractivity contribution >= 4 is 40.0 Å². The maximum Gasteiger partial charge on any atom is 0.269 e. The number of nitrogens with zero attached hydrogens (tertiary/aromatic N) is 6. The Morgan fingerprint density at radius 3 is 2.61 bits per heavy atom. The molecule has 156 valence electrons. The van der Waals surface area contributed by atoms with E-state index < -0.39 is 4.92 Å². The van der Waals surface area contributed by atoms with Crippen LogP contribution in [-0.2, 0) is 0 Å². The Bertz CT molecular complexity index is 1310. The number of aryl methyl sites for hydroxylation is 1. The standard InChI is InChI=1S/C22H21N7O2/c1-15-19(14-23-25-16-8-10-17(11-9-16)29(30)31)22-24-21(27-12-4-5-13-27)18-6-2-3-7-20(18)28(22)26-15/h2-3,6-11,14,25H,4-5,12-13H2,1H3/b23-14-. The number of para-hydroxylation sites is 1. The van der Waals surface area contributed by atoms with Gasteiger partial charge in [0, 0.05) is 30.6 Å². The average Bonchev–Trinajstić information content (AvgIpc) is 3.42. The lowest BCUT2D eigenvalue weighted by Gasteiger charge is -2.19. The van der Waals surface area contributed by atoms with Crippen LogP contribution in [0, 0.1) is 17.0 Å². The summed E-state index contributed by atoms with van der Waals surface area (Å²) in [4.78, 5) is 17.7. The molecule has 1 fully saturated rings. The fourth-order valence-corrected chi connectivity index (χ4v) is 3.96. The molecule has 0 saturated carbocycles. The lowest BCUT2D eigenvalue weighted by atomic mass is 10.2. The van der Waals surface area contributed by atoms with Gasteiger partial charge in [-0.25, -0.2) is 9.50 Å². The number of benzene rings is 2. The van der Waals surface area contributed by atoms with Crippen molar-refractivity contribution in [2.24, 2.45) is 5.10 Å². The van der Waals surface area contributed by atoms with Gasteiger partial charge < -0.3 is 4.90 Å². The average molecular weight is 415 g/mol. The van der Waals surface area contributed by atoms with Gasteiger partial charge in [0.25, 0.3) is 5.69 Å². The van der Waals surface area contributed by atoms with E-state index in [0.717, 1.165) is 46.7 Å². The molecule has 9 heteroatoms. The lowest BCUT2D eigenvalue weighted by molar-refractivity contribution is -0.384. The number of rotatable bonds is 5. The summed E-state index contributed by atoms with van der Waals surface area (Å²) >= 11 is 0. The molecule has 0 atom stereocenters. The van der Waals surface area contributed by atoms with Gasteiger partial charge in [0.2, 0.25) is 0 Å². The Labute approximate surface area is 178 Å². The summed E-state index contributed by atoms with van der Waals surface area (Å²) in [6.07, 6.45) is 4.05. The Morgan fingerprint density at radius 1 is 1.13 bits per heavy atom. The largest absolute Gasteiger partial charge is 0.356 e. The van der Waals surface area contributed by atoms with E-state index in [1.165, 1.54) is 25.0 Å². The van der Waals surface area contributed by atoms with Crippen LogP contribution in [0.3, 0.4) is 0 Å². The SMILES string of the molecule is Cc1nn2c(nc(N3CCCC3)c3ccccc32)c1/C=N\Nc1ccc([N+](=O)[O-])cc1. The van der Waals surface area contributed by atoms with E-state index in [1.807, 2.05) is 23.6 Å². The molecule has 31 heavy (non-hydrogen) atoms. The first-order chi connectivity index (χ1) is 15.1. The summed E-state index contributed by atoms with van der Waals surface area (Å²) in [6.45, 7) is 3.95. The molecule has 0 radical (unpaired) electrons. The van der Waals surface area contributed by atoms with Crippen molar-refractivity contribution in [3.05, 3.63) is 69.9 Å². The highest BCUT2D eigenvalue weighted by atomic mass is 16.6. The molecule has 5 rings (SSSR count). The predicted molar refractivity (Wildman–Crippen MR) is 121 cm³/mol. The zero-order valence-corrected chi connectivity index (χ0v) is 17.0. The van der Waals surface area contributed by atoms with Gasteiger partial charge in [-0.3, -0.25) is 15.5 Å². The van der Waals surface area contributed by atoms with Gasteiger partial charge in [-0.2, -0.15) is 10.2 Å². The molecule has 0 aliphatic carbocycles. The molecular formula is C22H21N7O2. The van der Waals surface area contributed by atoms with Gasteiger partial charge in [0.05, 0.1) is 33.6 Å². The fourth-order valence-electron chi connectivity index (χ4n) is 3.96. The third-order valence-corrected chi connectivity index (χ3v) is 5.54. The molecule has 1 aliphatic rings. The summed E-state index contributed by atoms with van der Waals surface area (Å²) in [5.74, 6) is 0.985. The second kappa shape index (κ2) is 7.67.